The summed E-state index contributed by atoms with van der Waals surface area (Å²) in [4.78, 5) is 0. The molecule has 0 unspecified atom stereocenters. The fourth-order valence-electron chi connectivity index (χ4n) is 1.21. The van der Waals surface area contributed by atoms with E-state index in [-0.39, 0.29) is 0 Å². The van der Waals surface area contributed by atoms with Gasteiger partial charge in [-0.15, -0.1) is 0 Å². The van der Waals surface area contributed by atoms with E-state index in [0.717, 1.165) is 0 Å². The Morgan fingerprint density at radius 2 is 1.55 bits per heavy atom. The van der Waals surface area contributed by atoms with Crippen molar-refractivity contribution in [2.24, 2.45) is 0 Å². The first-order chi connectivity index (χ1) is 5.08. The van der Waals surface area contributed by atoms with Crippen LogP contribution < -0.4 is 4.16 Å². The Hall–Kier alpha value is -0.157. The van der Waals surface area contributed by atoms with E-state index in [1.54, 1.807) is 4.16 Å². The van der Waals surface area contributed by atoms with Crippen molar-refractivity contribution in [1.29, 1.82) is 0 Å². The fraction of sp³-hybridized carbons (Fsp3) is 0.400. The van der Waals surface area contributed by atoms with Crippen molar-refractivity contribution >= 4 is 4.16 Å². The molecule has 0 heterocycles. The molecule has 0 saturated heterocycles. The molecule has 0 aliphatic rings. The fourth-order valence-corrected chi connectivity index (χ4v) is 4.84. The van der Waals surface area contributed by atoms with E-state index in [4.69, 9.17) is 0 Å². The van der Waals surface area contributed by atoms with Gasteiger partial charge in [0, 0.05) is 0 Å². The van der Waals surface area contributed by atoms with Crippen molar-refractivity contribution in [2.45, 2.75) is 24.8 Å². The van der Waals surface area contributed by atoms with Crippen LogP contribution in [0.5, 0.6) is 0 Å². The van der Waals surface area contributed by atoms with Crippen LogP contribution in [0.2, 0.25) is 4.01 Å². The molecule has 0 amide bonds. The molecule has 1 rings (SSSR count). The van der Waals surface area contributed by atoms with Crippen molar-refractivity contribution in [3.05, 3.63) is 30.3 Å². The van der Waals surface area contributed by atoms with E-state index in [1.807, 2.05) is 0 Å². The molecule has 0 aliphatic carbocycles. The van der Waals surface area contributed by atoms with Gasteiger partial charge in [0.05, 0.1) is 0 Å². The second kappa shape index (κ2) is 3.49. The van der Waals surface area contributed by atoms with Gasteiger partial charge in [-0.2, -0.15) is 0 Å². The number of rotatable bonds is 1. The molecule has 1 aromatic carbocycles. The van der Waals surface area contributed by atoms with Gasteiger partial charge in [0.2, 0.25) is 0 Å². The van der Waals surface area contributed by atoms with Crippen LogP contribution in [0.4, 0.5) is 0 Å². The first-order valence-electron chi connectivity index (χ1n) is 4.12. The summed E-state index contributed by atoms with van der Waals surface area (Å²) in [6.07, 6.45) is 0. The molecule has 1 aromatic rings. The zero-order chi connectivity index (χ0) is 8.32. The average molecular weight is 200 g/mol. The topological polar surface area (TPSA) is 0 Å². The van der Waals surface area contributed by atoms with Gasteiger partial charge in [0.25, 0.3) is 0 Å². The molecule has 0 aromatic heterocycles. The molecule has 1 heteroatoms. The normalized spacial score (nSPS) is 10.8. The van der Waals surface area contributed by atoms with E-state index in [2.05, 4.69) is 51.1 Å². The van der Waals surface area contributed by atoms with Crippen LogP contribution in [0.1, 0.15) is 20.8 Å². The van der Waals surface area contributed by atoms with Crippen LogP contribution in [0.15, 0.2) is 30.3 Å². The van der Waals surface area contributed by atoms with Gasteiger partial charge in [0.15, 0.2) is 0 Å². The molecular formula is C10H14Zn. The van der Waals surface area contributed by atoms with Gasteiger partial charge >= 0.3 is 76.4 Å². The first-order valence-corrected chi connectivity index (χ1v) is 7.08. The summed E-state index contributed by atoms with van der Waals surface area (Å²) in [5, 5.41) is 0. The molecule has 0 fully saturated rings. The van der Waals surface area contributed by atoms with Crippen molar-refractivity contribution in [1.82, 2.24) is 0 Å². The molecule has 0 bridgehead atoms. The quantitative estimate of drug-likeness (QED) is 0.610. The summed E-state index contributed by atoms with van der Waals surface area (Å²) < 4.78 is 2.21. The third-order valence-electron chi connectivity index (χ3n) is 1.58. The summed E-state index contributed by atoms with van der Waals surface area (Å²) in [5.74, 6) is 0. The Bertz CT molecular complexity index is 208. The molecule has 0 saturated carbocycles. The third-order valence-corrected chi connectivity index (χ3v) is 5.65. The molecule has 56 valence electrons. The summed E-state index contributed by atoms with van der Waals surface area (Å²) in [7, 11) is 0. The van der Waals surface area contributed by atoms with Crippen LogP contribution >= 0.6 is 0 Å². The van der Waals surface area contributed by atoms with Crippen LogP contribution in [-0.4, -0.2) is 0 Å². The molecule has 0 spiro atoms. The van der Waals surface area contributed by atoms with E-state index in [9.17, 15) is 0 Å². The number of hydrogen-bond acceptors (Lipinski definition) is 0. The summed E-state index contributed by atoms with van der Waals surface area (Å²) in [5.41, 5.74) is 0. The van der Waals surface area contributed by atoms with Crippen molar-refractivity contribution in [3.63, 3.8) is 0 Å². The first kappa shape index (κ1) is 8.94. The van der Waals surface area contributed by atoms with E-state index in [1.165, 1.54) is 0 Å². The molecule has 11 heavy (non-hydrogen) atoms. The van der Waals surface area contributed by atoms with Crippen LogP contribution in [-0.2, 0) is 17.1 Å². The molecule has 0 N–H and O–H groups in total. The maximum absolute atomic E-state index is 2.35. The Morgan fingerprint density at radius 1 is 1.00 bits per heavy atom. The van der Waals surface area contributed by atoms with Crippen molar-refractivity contribution in [2.75, 3.05) is 0 Å². The number of benzene rings is 1. The Balaban J connectivity index is 2.66. The molecular weight excluding hydrogens is 185 g/mol. The van der Waals surface area contributed by atoms with Gasteiger partial charge in [0.1, 0.15) is 0 Å². The minimum absolute atomic E-state index is 0.505. The van der Waals surface area contributed by atoms with Crippen molar-refractivity contribution in [3.8, 4) is 0 Å². The van der Waals surface area contributed by atoms with Gasteiger partial charge in [-0.25, -0.2) is 0 Å². The molecule has 0 aliphatic heterocycles. The second-order valence-electron chi connectivity index (χ2n) is 4.22. The minimum atomic E-state index is -0.505. The predicted octanol–water partition coefficient (Wildman–Crippen LogP) is 2.61. The van der Waals surface area contributed by atoms with Gasteiger partial charge in [-0.3, -0.25) is 0 Å². The monoisotopic (exact) mass is 198 g/mol. The standard InChI is InChI=1S/C6H5.C4H9.Zn/c1-2-4-6-5-3-1;1-4(2)3;/h1-5H;1-3H3;. The van der Waals surface area contributed by atoms with Crippen LogP contribution in [0.25, 0.3) is 0 Å². The summed E-state index contributed by atoms with van der Waals surface area (Å²) in [6, 6.07) is 10.9. The van der Waals surface area contributed by atoms with E-state index in [0.29, 0.717) is 4.01 Å². The van der Waals surface area contributed by atoms with Crippen LogP contribution in [0, 0.1) is 0 Å². The van der Waals surface area contributed by atoms with Crippen molar-refractivity contribution < 1.29 is 17.1 Å². The Kier molecular flexibility index (Phi) is 2.84. The predicted molar refractivity (Wildman–Crippen MR) is 45.8 cm³/mol. The number of hydrogen-bond donors (Lipinski definition) is 0. The summed E-state index contributed by atoms with van der Waals surface area (Å²) in [6.45, 7) is 7.04. The zero-order valence-corrected chi connectivity index (χ0v) is 10.6. The van der Waals surface area contributed by atoms with Gasteiger partial charge < -0.3 is 0 Å². The Morgan fingerprint density at radius 3 is 2.00 bits per heavy atom. The van der Waals surface area contributed by atoms with E-state index >= 15 is 0 Å². The molecule has 0 radical (unpaired) electrons. The zero-order valence-electron chi connectivity index (χ0n) is 7.59. The van der Waals surface area contributed by atoms with Gasteiger partial charge in [-0.1, -0.05) is 0 Å². The SMILES string of the molecule is C[C](C)(C)[Zn][c]1ccccc1. The molecule has 0 atom stereocenters. The van der Waals surface area contributed by atoms with Crippen LogP contribution in [0.3, 0.4) is 0 Å². The molecule has 0 nitrogen and oxygen atoms in total. The Labute approximate surface area is 76.6 Å². The third kappa shape index (κ3) is 3.67. The average Bonchev–Trinajstić information content (AvgIpc) is 1.85. The summed E-state index contributed by atoms with van der Waals surface area (Å²) >= 11 is -0.505. The van der Waals surface area contributed by atoms with E-state index < -0.39 is 17.1 Å². The maximum atomic E-state index is 2.35. The second-order valence-corrected chi connectivity index (χ2v) is 11.1. The van der Waals surface area contributed by atoms with Gasteiger partial charge in [-0.05, 0) is 0 Å².